The van der Waals surface area contributed by atoms with Gasteiger partial charge in [-0.2, -0.15) is 0 Å². The van der Waals surface area contributed by atoms with Crippen molar-refractivity contribution < 1.29 is 9.90 Å². The molecule has 0 aromatic carbocycles. The predicted octanol–water partition coefficient (Wildman–Crippen LogP) is 1.27. The lowest BCUT2D eigenvalue weighted by molar-refractivity contribution is 0.0752. The molecule has 3 rings (SSSR count). The van der Waals surface area contributed by atoms with Gasteiger partial charge in [-0.15, -0.1) is 0 Å². The highest BCUT2D eigenvalue weighted by molar-refractivity contribution is 5.95. The first-order valence-electron chi connectivity index (χ1n) is 7.22. The molecular formula is C15H21N3O2. The minimum absolute atomic E-state index is 0.0496. The van der Waals surface area contributed by atoms with E-state index in [1.165, 1.54) is 0 Å². The molecule has 1 aliphatic carbocycles. The summed E-state index contributed by atoms with van der Waals surface area (Å²) in [5.74, 6) is 1.51. The normalized spacial score (nSPS) is 28.6. The molecule has 2 aliphatic rings. The number of likely N-dealkylation sites (tertiary alicyclic amines) is 1. The van der Waals surface area contributed by atoms with Gasteiger partial charge in [0.05, 0.1) is 6.10 Å². The van der Waals surface area contributed by atoms with Crippen LogP contribution >= 0.6 is 0 Å². The van der Waals surface area contributed by atoms with Crippen LogP contribution in [-0.4, -0.2) is 47.1 Å². The topological polar surface area (TPSA) is 65.5 Å². The standard InChI is InChI=1S/C15H21N3O2/c1-9-5-11(6-14(16-2)17-9)15(20)18-7-10-3-4-13(19)12(10)8-18/h5-6,10,12-13,19H,3-4,7-8H2,1-2H3,(H,16,17). The average molecular weight is 275 g/mol. The fourth-order valence-electron chi connectivity index (χ4n) is 3.51. The Morgan fingerprint density at radius 2 is 2.20 bits per heavy atom. The SMILES string of the molecule is CNc1cc(C(=O)N2CC3CCC(O)C3C2)cc(C)n1. The Morgan fingerprint density at radius 3 is 2.90 bits per heavy atom. The van der Waals surface area contributed by atoms with Crippen molar-refractivity contribution in [3.63, 3.8) is 0 Å². The molecule has 0 spiro atoms. The first-order chi connectivity index (χ1) is 9.58. The number of nitrogens with one attached hydrogen (secondary N) is 1. The average Bonchev–Trinajstić information content (AvgIpc) is 3.00. The summed E-state index contributed by atoms with van der Waals surface area (Å²) in [6.45, 7) is 3.35. The summed E-state index contributed by atoms with van der Waals surface area (Å²) >= 11 is 0. The second kappa shape index (κ2) is 5.05. The number of aliphatic hydroxyl groups excluding tert-OH is 1. The van der Waals surface area contributed by atoms with Gasteiger partial charge < -0.3 is 15.3 Å². The lowest BCUT2D eigenvalue weighted by Gasteiger charge is -2.19. The van der Waals surface area contributed by atoms with Gasteiger partial charge in [0, 0.05) is 37.3 Å². The first kappa shape index (κ1) is 13.4. The molecular weight excluding hydrogens is 254 g/mol. The Hall–Kier alpha value is -1.62. The van der Waals surface area contributed by atoms with E-state index in [4.69, 9.17) is 0 Å². The summed E-state index contributed by atoms with van der Waals surface area (Å²) < 4.78 is 0. The van der Waals surface area contributed by atoms with E-state index in [0.717, 1.165) is 25.1 Å². The van der Waals surface area contributed by atoms with Gasteiger partial charge >= 0.3 is 0 Å². The largest absolute Gasteiger partial charge is 0.393 e. The third-order valence-corrected chi connectivity index (χ3v) is 4.56. The molecule has 2 fully saturated rings. The first-order valence-corrected chi connectivity index (χ1v) is 7.22. The van der Waals surface area contributed by atoms with Crippen molar-refractivity contribution in [3.05, 3.63) is 23.4 Å². The molecule has 1 aromatic rings. The van der Waals surface area contributed by atoms with Crippen molar-refractivity contribution >= 4 is 11.7 Å². The number of aliphatic hydroxyl groups is 1. The molecule has 1 saturated heterocycles. The number of anilines is 1. The fourth-order valence-corrected chi connectivity index (χ4v) is 3.51. The molecule has 0 bridgehead atoms. The molecule has 5 heteroatoms. The van der Waals surface area contributed by atoms with Crippen molar-refractivity contribution in [1.29, 1.82) is 0 Å². The van der Waals surface area contributed by atoms with E-state index >= 15 is 0 Å². The third kappa shape index (κ3) is 2.26. The number of fused-ring (bicyclic) bond motifs is 1. The van der Waals surface area contributed by atoms with Crippen LogP contribution in [0.15, 0.2) is 12.1 Å². The van der Waals surface area contributed by atoms with E-state index < -0.39 is 0 Å². The van der Waals surface area contributed by atoms with E-state index in [1.807, 2.05) is 17.9 Å². The molecule has 5 nitrogen and oxygen atoms in total. The number of nitrogens with zero attached hydrogens (tertiary/aromatic N) is 2. The maximum atomic E-state index is 12.6. The summed E-state index contributed by atoms with van der Waals surface area (Å²) in [5, 5.41) is 12.9. The molecule has 1 aliphatic heterocycles. The molecule has 108 valence electrons. The van der Waals surface area contributed by atoms with Crippen molar-refractivity contribution in [3.8, 4) is 0 Å². The highest BCUT2D eigenvalue weighted by Crippen LogP contribution is 2.38. The number of aromatic nitrogens is 1. The van der Waals surface area contributed by atoms with Gasteiger partial charge in [-0.05, 0) is 37.8 Å². The summed E-state index contributed by atoms with van der Waals surface area (Å²) in [6.07, 6.45) is 1.69. The van der Waals surface area contributed by atoms with E-state index in [1.54, 1.807) is 13.1 Å². The van der Waals surface area contributed by atoms with Crippen LogP contribution < -0.4 is 5.32 Å². The van der Waals surface area contributed by atoms with E-state index in [2.05, 4.69) is 10.3 Å². The van der Waals surface area contributed by atoms with Crippen LogP contribution in [-0.2, 0) is 0 Å². The van der Waals surface area contributed by atoms with E-state index in [0.29, 0.717) is 23.8 Å². The zero-order valence-electron chi connectivity index (χ0n) is 12.0. The fraction of sp³-hybridized carbons (Fsp3) is 0.600. The molecule has 3 atom stereocenters. The minimum Gasteiger partial charge on any atom is -0.393 e. The molecule has 1 amide bonds. The number of hydrogen-bond donors (Lipinski definition) is 2. The van der Waals surface area contributed by atoms with Crippen LogP contribution in [0.5, 0.6) is 0 Å². The Labute approximate surface area is 119 Å². The maximum Gasteiger partial charge on any atom is 0.254 e. The number of aryl methyl sites for hydroxylation is 1. The molecule has 2 N–H and O–H groups in total. The smallest absolute Gasteiger partial charge is 0.254 e. The summed E-state index contributed by atoms with van der Waals surface area (Å²) in [4.78, 5) is 18.8. The molecule has 1 saturated carbocycles. The van der Waals surface area contributed by atoms with Crippen LogP contribution in [0.25, 0.3) is 0 Å². The van der Waals surface area contributed by atoms with Gasteiger partial charge in [0.1, 0.15) is 5.82 Å². The van der Waals surface area contributed by atoms with E-state index in [-0.39, 0.29) is 17.9 Å². The Kier molecular flexibility index (Phi) is 3.38. The third-order valence-electron chi connectivity index (χ3n) is 4.56. The van der Waals surface area contributed by atoms with Crippen LogP contribution in [0.1, 0.15) is 28.9 Å². The van der Waals surface area contributed by atoms with Gasteiger partial charge in [-0.1, -0.05) is 0 Å². The molecule has 1 aromatic heterocycles. The predicted molar refractivity (Wildman–Crippen MR) is 76.6 cm³/mol. The number of carbonyl (C=O) groups excluding carboxylic acids is 1. The summed E-state index contributed by atoms with van der Waals surface area (Å²) in [5.41, 5.74) is 1.51. The zero-order valence-corrected chi connectivity index (χ0v) is 12.0. The summed E-state index contributed by atoms with van der Waals surface area (Å²) in [6, 6.07) is 3.62. The Morgan fingerprint density at radius 1 is 1.40 bits per heavy atom. The quantitative estimate of drug-likeness (QED) is 0.853. The Bertz CT molecular complexity index is 532. The van der Waals surface area contributed by atoms with Crippen LogP contribution in [0.4, 0.5) is 5.82 Å². The summed E-state index contributed by atoms with van der Waals surface area (Å²) in [7, 11) is 1.80. The monoisotopic (exact) mass is 275 g/mol. The van der Waals surface area contributed by atoms with Gasteiger partial charge in [0.25, 0.3) is 5.91 Å². The molecule has 3 unspecified atom stereocenters. The van der Waals surface area contributed by atoms with Crippen molar-refractivity contribution in [2.24, 2.45) is 11.8 Å². The molecule has 20 heavy (non-hydrogen) atoms. The van der Waals surface area contributed by atoms with Gasteiger partial charge in [-0.25, -0.2) is 4.98 Å². The van der Waals surface area contributed by atoms with Gasteiger partial charge in [0.2, 0.25) is 0 Å². The molecule has 2 heterocycles. The lowest BCUT2D eigenvalue weighted by atomic mass is 10.00. The second-order valence-corrected chi connectivity index (χ2v) is 5.91. The second-order valence-electron chi connectivity index (χ2n) is 5.91. The molecule has 0 radical (unpaired) electrons. The number of pyridine rings is 1. The van der Waals surface area contributed by atoms with Crippen molar-refractivity contribution in [2.75, 3.05) is 25.5 Å². The number of rotatable bonds is 2. The van der Waals surface area contributed by atoms with Gasteiger partial charge in [-0.3, -0.25) is 4.79 Å². The number of hydrogen-bond acceptors (Lipinski definition) is 4. The minimum atomic E-state index is -0.232. The number of amides is 1. The van der Waals surface area contributed by atoms with Crippen molar-refractivity contribution in [2.45, 2.75) is 25.9 Å². The maximum absolute atomic E-state index is 12.6. The van der Waals surface area contributed by atoms with Crippen LogP contribution in [0, 0.1) is 18.8 Å². The van der Waals surface area contributed by atoms with E-state index in [9.17, 15) is 9.90 Å². The van der Waals surface area contributed by atoms with Gasteiger partial charge in [0.15, 0.2) is 0 Å². The zero-order chi connectivity index (χ0) is 14.3. The van der Waals surface area contributed by atoms with Crippen LogP contribution in [0.2, 0.25) is 0 Å². The Balaban J connectivity index is 1.78. The lowest BCUT2D eigenvalue weighted by Crippen LogP contribution is -2.31. The number of carbonyl (C=O) groups is 1. The van der Waals surface area contributed by atoms with Crippen molar-refractivity contribution in [1.82, 2.24) is 9.88 Å². The highest BCUT2D eigenvalue weighted by atomic mass is 16.3. The van der Waals surface area contributed by atoms with Crippen LogP contribution in [0.3, 0.4) is 0 Å². The highest BCUT2D eigenvalue weighted by Gasteiger charge is 2.43.